The average molecular weight is 301 g/mol. The number of pyridine rings is 1. The number of halogens is 1. The molecule has 20 heavy (non-hydrogen) atoms. The molecule has 0 aliphatic heterocycles. The van der Waals surface area contributed by atoms with Crippen molar-refractivity contribution in [2.45, 2.75) is 0 Å². The summed E-state index contributed by atoms with van der Waals surface area (Å²) in [4.78, 5) is 20.6. The molecule has 98 valence electrons. The standard InChI is InChI=1S/C15H9ClN2OS/c16-11-6-4-10(5-7-11)13-9-20-15(18-13)14(19)12-3-1-2-8-17-12/h1-9H. The highest BCUT2D eigenvalue weighted by molar-refractivity contribution is 7.12. The van der Waals surface area contributed by atoms with E-state index >= 15 is 0 Å². The number of nitrogens with zero attached hydrogens (tertiary/aromatic N) is 2. The van der Waals surface area contributed by atoms with Crippen LogP contribution in [0.2, 0.25) is 5.02 Å². The van der Waals surface area contributed by atoms with Gasteiger partial charge in [-0.05, 0) is 24.3 Å². The van der Waals surface area contributed by atoms with E-state index in [1.165, 1.54) is 11.3 Å². The Morgan fingerprint density at radius 3 is 2.60 bits per heavy atom. The third-order valence-electron chi connectivity index (χ3n) is 2.74. The van der Waals surface area contributed by atoms with Crippen LogP contribution in [0.25, 0.3) is 11.3 Å². The maximum Gasteiger partial charge on any atom is 0.239 e. The summed E-state index contributed by atoms with van der Waals surface area (Å²) in [6.07, 6.45) is 1.60. The minimum atomic E-state index is -0.157. The van der Waals surface area contributed by atoms with Crippen molar-refractivity contribution in [2.24, 2.45) is 0 Å². The van der Waals surface area contributed by atoms with Crippen molar-refractivity contribution in [3.8, 4) is 11.3 Å². The molecule has 5 heteroatoms. The number of carbonyl (C=O) groups excluding carboxylic acids is 1. The minimum absolute atomic E-state index is 0.157. The van der Waals surface area contributed by atoms with Gasteiger partial charge in [0.25, 0.3) is 0 Å². The molecule has 2 heterocycles. The second-order valence-corrected chi connectivity index (χ2v) is 5.38. The second kappa shape index (κ2) is 5.53. The first-order valence-corrected chi connectivity index (χ1v) is 7.17. The summed E-state index contributed by atoms with van der Waals surface area (Å²) in [6, 6.07) is 12.6. The second-order valence-electron chi connectivity index (χ2n) is 4.09. The van der Waals surface area contributed by atoms with Gasteiger partial charge in [0.1, 0.15) is 5.69 Å². The van der Waals surface area contributed by atoms with Crippen LogP contribution in [0.1, 0.15) is 15.5 Å². The molecule has 0 aliphatic carbocycles. The molecule has 0 aliphatic rings. The number of benzene rings is 1. The molecule has 3 rings (SSSR count). The van der Waals surface area contributed by atoms with Crippen molar-refractivity contribution in [1.82, 2.24) is 9.97 Å². The predicted molar refractivity (Wildman–Crippen MR) is 80.2 cm³/mol. The third kappa shape index (κ3) is 2.61. The number of hydrogen-bond acceptors (Lipinski definition) is 4. The molecule has 0 bridgehead atoms. The van der Waals surface area contributed by atoms with Crippen molar-refractivity contribution >= 4 is 28.7 Å². The Balaban J connectivity index is 1.91. The molecule has 0 N–H and O–H groups in total. The Morgan fingerprint density at radius 1 is 1.10 bits per heavy atom. The number of hydrogen-bond donors (Lipinski definition) is 0. The highest BCUT2D eigenvalue weighted by Gasteiger charge is 2.15. The Labute approximate surface area is 124 Å². The molecule has 0 radical (unpaired) electrons. The number of carbonyl (C=O) groups is 1. The lowest BCUT2D eigenvalue weighted by molar-refractivity contribution is 0.103. The molecule has 0 fully saturated rings. The van der Waals surface area contributed by atoms with Crippen LogP contribution in [-0.2, 0) is 0 Å². The lowest BCUT2D eigenvalue weighted by Crippen LogP contribution is -2.02. The van der Waals surface area contributed by atoms with E-state index in [1.807, 2.05) is 17.5 Å². The van der Waals surface area contributed by atoms with E-state index in [0.717, 1.165) is 11.3 Å². The van der Waals surface area contributed by atoms with Crippen LogP contribution < -0.4 is 0 Å². The quantitative estimate of drug-likeness (QED) is 0.684. The monoisotopic (exact) mass is 300 g/mol. The van der Waals surface area contributed by atoms with Crippen LogP contribution in [-0.4, -0.2) is 15.8 Å². The van der Waals surface area contributed by atoms with E-state index in [1.54, 1.807) is 36.5 Å². The van der Waals surface area contributed by atoms with Crippen LogP contribution >= 0.6 is 22.9 Å². The minimum Gasteiger partial charge on any atom is -0.284 e. The van der Waals surface area contributed by atoms with Gasteiger partial charge in [0.2, 0.25) is 5.78 Å². The van der Waals surface area contributed by atoms with Crippen LogP contribution in [0.15, 0.2) is 54.0 Å². The lowest BCUT2D eigenvalue weighted by Gasteiger charge is -1.97. The molecule has 3 aromatic rings. The smallest absolute Gasteiger partial charge is 0.239 e. The number of aromatic nitrogens is 2. The van der Waals surface area contributed by atoms with Crippen LogP contribution in [0.5, 0.6) is 0 Å². The average Bonchev–Trinajstić information content (AvgIpc) is 2.98. The highest BCUT2D eigenvalue weighted by Crippen LogP contribution is 2.24. The molecule has 2 aromatic heterocycles. The van der Waals surface area contributed by atoms with Crippen LogP contribution in [0.3, 0.4) is 0 Å². The summed E-state index contributed by atoms with van der Waals surface area (Å²) in [5, 5.41) is 2.97. The SMILES string of the molecule is O=C(c1ccccn1)c1nc(-c2ccc(Cl)cc2)cs1. The van der Waals surface area contributed by atoms with Gasteiger partial charge < -0.3 is 0 Å². The van der Waals surface area contributed by atoms with E-state index in [-0.39, 0.29) is 5.78 Å². The molecular weight excluding hydrogens is 292 g/mol. The Morgan fingerprint density at radius 2 is 1.90 bits per heavy atom. The normalized spacial score (nSPS) is 10.4. The van der Waals surface area contributed by atoms with Gasteiger partial charge in [0.15, 0.2) is 5.01 Å². The van der Waals surface area contributed by atoms with Gasteiger partial charge in [0.05, 0.1) is 5.69 Å². The van der Waals surface area contributed by atoms with E-state index in [4.69, 9.17) is 11.6 Å². The van der Waals surface area contributed by atoms with Crippen LogP contribution in [0.4, 0.5) is 0 Å². The lowest BCUT2D eigenvalue weighted by atomic mass is 10.2. The molecule has 0 amide bonds. The summed E-state index contributed by atoms with van der Waals surface area (Å²) in [5.74, 6) is -0.157. The fourth-order valence-corrected chi connectivity index (χ4v) is 2.64. The molecule has 3 nitrogen and oxygen atoms in total. The Bertz CT molecular complexity index is 738. The molecule has 0 saturated heterocycles. The number of thiazole rings is 1. The zero-order valence-corrected chi connectivity index (χ0v) is 11.9. The van der Waals surface area contributed by atoms with Crippen LogP contribution in [0, 0.1) is 0 Å². The van der Waals surface area contributed by atoms with Gasteiger partial charge in [-0.25, -0.2) is 4.98 Å². The fourth-order valence-electron chi connectivity index (χ4n) is 1.74. The van der Waals surface area contributed by atoms with Gasteiger partial charge in [-0.1, -0.05) is 29.8 Å². The van der Waals surface area contributed by atoms with Crippen molar-refractivity contribution in [2.75, 3.05) is 0 Å². The van der Waals surface area contributed by atoms with E-state index in [2.05, 4.69) is 9.97 Å². The zero-order valence-electron chi connectivity index (χ0n) is 10.3. The summed E-state index contributed by atoms with van der Waals surface area (Å²) in [5.41, 5.74) is 2.11. The predicted octanol–water partition coefficient (Wildman–Crippen LogP) is 4.09. The van der Waals surface area contributed by atoms with E-state index in [9.17, 15) is 4.79 Å². The first-order chi connectivity index (χ1) is 9.74. The number of rotatable bonds is 3. The van der Waals surface area contributed by atoms with Gasteiger partial charge in [-0.2, -0.15) is 0 Å². The topological polar surface area (TPSA) is 42.9 Å². The first-order valence-electron chi connectivity index (χ1n) is 5.91. The molecular formula is C15H9ClN2OS. The third-order valence-corrected chi connectivity index (χ3v) is 3.83. The van der Waals surface area contributed by atoms with Gasteiger partial charge in [-0.3, -0.25) is 9.78 Å². The Kier molecular flexibility index (Phi) is 3.58. The van der Waals surface area contributed by atoms with Gasteiger partial charge >= 0.3 is 0 Å². The molecule has 0 atom stereocenters. The summed E-state index contributed by atoms with van der Waals surface area (Å²) < 4.78 is 0. The largest absolute Gasteiger partial charge is 0.284 e. The molecule has 1 aromatic carbocycles. The highest BCUT2D eigenvalue weighted by atomic mass is 35.5. The summed E-state index contributed by atoms with van der Waals surface area (Å²) in [6.45, 7) is 0. The van der Waals surface area contributed by atoms with Gasteiger partial charge in [0, 0.05) is 22.2 Å². The van der Waals surface area contributed by atoms with Gasteiger partial charge in [-0.15, -0.1) is 11.3 Å². The van der Waals surface area contributed by atoms with Crippen molar-refractivity contribution in [3.63, 3.8) is 0 Å². The van der Waals surface area contributed by atoms with E-state index < -0.39 is 0 Å². The summed E-state index contributed by atoms with van der Waals surface area (Å²) >= 11 is 7.17. The van der Waals surface area contributed by atoms with Crippen molar-refractivity contribution in [3.05, 3.63) is 69.8 Å². The maximum absolute atomic E-state index is 12.2. The van der Waals surface area contributed by atoms with Crippen molar-refractivity contribution in [1.29, 1.82) is 0 Å². The summed E-state index contributed by atoms with van der Waals surface area (Å²) in [7, 11) is 0. The molecule has 0 unspecified atom stereocenters. The first kappa shape index (κ1) is 13.0. The molecule has 0 spiro atoms. The zero-order chi connectivity index (χ0) is 13.9. The van der Waals surface area contributed by atoms with Crippen molar-refractivity contribution < 1.29 is 4.79 Å². The fraction of sp³-hybridized carbons (Fsp3) is 0. The Hall–Kier alpha value is -2.04. The molecule has 0 saturated carbocycles. The van der Waals surface area contributed by atoms with E-state index in [0.29, 0.717) is 15.7 Å². The maximum atomic E-state index is 12.2. The number of ketones is 1.